The fraction of sp³-hybridized carbons (Fsp3) is 0.235. The van der Waals surface area contributed by atoms with E-state index in [2.05, 4.69) is 21.4 Å². The molecule has 1 aromatic carbocycles. The molecule has 0 spiro atoms. The van der Waals surface area contributed by atoms with E-state index in [1.54, 1.807) is 19.2 Å². The molecule has 0 unspecified atom stereocenters. The van der Waals surface area contributed by atoms with Crippen molar-refractivity contribution in [2.75, 3.05) is 12.4 Å². The Hall–Kier alpha value is -2.49. The molecule has 1 N–H and O–H groups in total. The third kappa shape index (κ3) is 3.75. The predicted octanol–water partition coefficient (Wildman–Crippen LogP) is 3.52. The summed E-state index contributed by atoms with van der Waals surface area (Å²) in [6.45, 7) is 4.05. The van der Waals surface area contributed by atoms with Crippen LogP contribution in [0.25, 0.3) is 10.9 Å². The highest BCUT2D eigenvalue weighted by Crippen LogP contribution is 2.16. The smallest absolute Gasteiger partial charge is 0.274 e. The number of aromatic nitrogens is 1. The van der Waals surface area contributed by atoms with E-state index in [1.807, 2.05) is 38.1 Å². The van der Waals surface area contributed by atoms with Crippen molar-refractivity contribution in [3.05, 3.63) is 48.0 Å². The minimum absolute atomic E-state index is 0.249. The van der Waals surface area contributed by atoms with E-state index >= 15 is 0 Å². The molecule has 2 aromatic rings. The number of hydrogen-bond acceptors (Lipinski definition) is 3. The van der Waals surface area contributed by atoms with Gasteiger partial charge in [0, 0.05) is 12.4 Å². The van der Waals surface area contributed by atoms with E-state index < -0.39 is 0 Å². The van der Waals surface area contributed by atoms with Crippen molar-refractivity contribution in [2.45, 2.75) is 20.3 Å². The average molecular weight is 281 g/mol. The van der Waals surface area contributed by atoms with Crippen LogP contribution in [-0.2, 0) is 4.79 Å². The highest BCUT2D eigenvalue weighted by molar-refractivity contribution is 6.47. The Morgan fingerprint density at radius 1 is 1.33 bits per heavy atom. The first-order valence-corrected chi connectivity index (χ1v) is 6.96. The zero-order valence-corrected chi connectivity index (χ0v) is 12.6. The fourth-order valence-corrected chi connectivity index (χ4v) is 1.98. The molecule has 0 saturated heterocycles. The molecule has 0 bridgehead atoms. The van der Waals surface area contributed by atoms with Crippen LogP contribution >= 0.6 is 0 Å². The number of allylic oxidation sites excluding steroid dienone is 1. The lowest BCUT2D eigenvalue weighted by Crippen LogP contribution is -2.21. The van der Waals surface area contributed by atoms with Crippen LogP contribution < -0.4 is 5.32 Å². The largest absolute Gasteiger partial charge is 0.305 e. The van der Waals surface area contributed by atoms with Gasteiger partial charge in [-0.15, -0.1) is 0 Å². The number of carbonyl (C=O) groups is 1. The van der Waals surface area contributed by atoms with Gasteiger partial charge >= 0.3 is 0 Å². The Morgan fingerprint density at radius 2 is 2.14 bits per heavy atom. The van der Waals surface area contributed by atoms with Gasteiger partial charge in [-0.3, -0.25) is 9.79 Å². The summed E-state index contributed by atoms with van der Waals surface area (Å²) in [5.74, 6) is 0.281. The lowest BCUT2D eigenvalue weighted by Gasteiger charge is -2.06. The first-order chi connectivity index (χ1) is 10.1. The normalized spacial score (nSPS) is 12.0. The number of nitrogens with one attached hydrogen (secondary N) is 1. The number of aliphatic imine (C=N–C) groups is 1. The quantitative estimate of drug-likeness (QED) is 0.872. The lowest BCUT2D eigenvalue weighted by molar-refractivity contribution is -0.110. The average Bonchev–Trinajstić information content (AvgIpc) is 2.48. The molecule has 0 saturated carbocycles. The molecule has 108 valence electrons. The maximum Gasteiger partial charge on any atom is 0.274 e. The predicted molar refractivity (Wildman–Crippen MR) is 87.9 cm³/mol. The number of aryl methyl sites for hydroxylation is 1. The van der Waals surface area contributed by atoms with Gasteiger partial charge in [0.1, 0.15) is 11.5 Å². The van der Waals surface area contributed by atoms with E-state index in [4.69, 9.17) is 0 Å². The Morgan fingerprint density at radius 3 is 2.86 bits per heavy atom. The number of amides is 1. The molecule has 2 rings (SSSR count). The zero-order chi connectivity index (χ0) is 15.2. The van der Waals surface area contributed by atoms with E-state index in [-0.39, 0.29) is 5.91 Å². The summed E-state index contributed by atoms with van der Waals surface area (Å²) in [5.41, 5.74) is 2.44. The molecule has 21 heavy (non-hydrogen) atoms. The summed E-state index contributed by atoms with van der Waals surface area (Å²) >= 11 is 0. The first-order valence-electron chi connectivity index (χ1n) is 6.96. The molecule has 1 aromatic heterocycles. The molecule has 0 atom stereocenters. The third-order valence-corrected chi connectivity index (χ3v) is 3.07. The van der Waals surface area contributed by atoms with Crippen molar-refractivity contribution >= 4 is 28.3 Å². The molecule has 4 nitrogen and oxygen atoms in total. The van der Waals surface area contributed by atoms with Crippen LogP contribution in [0.1, 0.15) is 18.9 Å². The number of benzene rings is 1. The highest BCUT2D eigenvalue weighted by Gasteiger charge is 2.08. The zero-order valence-electron chi connectivity index (χ0n) is 12.6. The van der Waals surface area contributed by atoms with E-state index in [0.29, 0.717) is 11.5 Å². The second-order valence-corrected chi connectivity index (χ2v) is 4.77. The van der Waals surface area contributed by atoms with Crippen molar-refractivity contribution in [1.82, 2.24) is 4.98 Å². The third-order valence-electron chi connectivity index (χ3n) is 3.07. The Bertz CT molecular complexity index is 717. The Balaban J connectivity index is 2.21. The summed E-state index contributed by atoms with van der Waals surface area (Å²) < 4.78 is 0. The SMILES string of the molecule is CC/C=C\C(=NC)C(=O)Nc1ccc2cc(C)ccc2n1. The molecule has 0 aliphatic carbocycles. The fourth-order valence-electron chi connectivity index (χ4n) is 1.98. The van der Waals surface area contributed by atoms with E-state index in [1.165, 1.54) is 5.56 Å². The lowest BCUT2D eigenvalue weighted by atomic mass is 10.1. The maximum absolute atomic E-state index is 12.1. The monoisotopic (exact) mass is 281 g/mol. The second kappa shape index (κ2) is 6.79. The van der Waals surface area contributed by atoms with Gasteiger partial charge in [-0.1, -0.05) is 24.6 Å². The summed E-state index contributed by atoms with van der Waals surface area (Å²) in [7, 11) is 1.60. The van der Waals surface area contributed by atoms with Gasteiger partial charge in [-0.25, -0.2) is 4.98 Å². The highest BCUT2D eigenvalue weighted by atomic mass is 16.1. The van der Waals surface area contributed by atoms with Crippen LogP contribution in [0, 0.1) is 6.92 Å². The summed E-state index contributed by atoms with van der Waals surface area (Å²) in [6, 6.07) is 9.78. The van der Waals surface area contributed by atoms with Gasteiger partial charge in [-0.2, -0.15) is 0 Å². The molecular formula is C17H19N3O. The first kappa shape index (κ1) is 14.9. The van der Waals surface area contributed by atoms with Crippen LogP contribution in [0.5, 0.6) is 0 Å². The van der Waals surface area contributed by atoms with Crippen LogP contribution in [0.2, 0.25) is 0 Å². The second-order valence-electron chi connectivity index (χ2n) is 4.77. The van der Waals surface area contributed by atoms with E-state index in [9.17, 15) is 4.79 Å². The molecule has 0 fully saturated rings. The van der Waals surface area contributed by atoms with Gasteiger partial charge in [0.05, 0.1) is 5.52 Å². The number of rotatable bonds is 4. The van der Waals surface area contributed by atoms with Gasteiger partial charge < -0.3 is 5.32 Å². The van der Waals surface area contributed by atoms with Crippen LogP contribution in [0.3, 0.4) is 0 Å². The summed E-state index contributed by atoms with van der Waals surface area (Å²) in [4.78, 5) is 20.5. The van der Waals surface area contributed by atoms with Crippen molar-refractivity contribution in [2.24, 2.45) is 4.99 Å². The number of fused-ring (bicyclic) bond motifs is 1. The van der Waals surface area contributed by atoms with Gasteiger partial charge in [-0.05, 0) is 43.7 Å². The van der Waals surface area contributed by atoms with Gasteiger partial charge in [0.15, 0.2) is 0 Å². The molecule has 0 aliphatic rings. The summed E-state index contributed by atoms with van der Waals surface area (Å²) in [5, 5.41) is 3.84. The molecular weight excluding hydrogens is 262 g/mol. The minimum atomic E-state index is -0.249. The summed E-state index contributed by atoms with van der Waals surface area (Å²) in [6.07, 6.45) is 4.48. The Labute approximate surface area is 124 Å². The number of pyridine rings is 1. The topological polar surface area (TPSA) is 54.4 Å². The van der Waals surface area contributed by atoms with Gasteiger partial charge in [0.2, 0.25) is 0 Å². The molecule has 1 amide bonds. The number of carbonyl (C=O) groups excluding carboxylic acids is 1. The van der Waals surface area contributed by atoms with Crippen molar-refractivity contribution in [1.29, 1.82) is 0 Å². The number of nitrogens with zero attached hydrogens (tertiary/aromatic N) is 2. The Kier molecular flexibility index (Phi) is 4.82. The van der Waals surface area contributed by atoms with Crippen molar-refractivity contribution in [3.8, 4) is 0 Å². The van der Waals surface area contributed by atoms with Crippen LogP contribution in [-0.4, -0.2) is 23.7 Å². The molecule has 1 heterocycles. The minimum Gasteiger partial charge on any atom is -0.305 e. The maximum atomic E-state index is 12.1. The molecule has 4 heteroatoms. The standard InChI is InChI=1S/C17H19N3O/c1-4-5-6-15(18-3)17(21)20-16-10-8-13-11-12(2)7-9-14(13)19-16/h5-11H,4H2,1-3H3,(H,19,20,21)/b6-5-,18-15?. The number of anilines is 1. The molecule has 0 radical (unpaired) electrons. The number of hydrogen-bond donors (Lipinski definition) is 1. The molecule has 0 aliphatic heterocycles. The van der Waals surface area contributed by atoms with Crippen molar-refractivity contribution in [3.63, 3.8) is 0 Å². The van der Waals surface area contributed by atoms with Crippen LogP contribution in [0.4, 0.5) is 5.82 Å². The van der Waals surface area contributed by atoms with Crippen molar-refractivity contribution < 1.29 is 4.79 Å². The van der Waals surface area contributed by atoms with Gasteiger partial charge in [0.25, 0.3) is 5.91 Å². The van der Waals surface area contributed by atoms with E-state index in [0.717, 1.165) is 17.3 Å². The van der Waals surface area contributed by atoms with Crippen LogP contribution in [0.15, 0.2) is 47.5 Å².